The Morgan fingerprint density at radius 2 is 2.25 bits per heavy atom. The van der Waals surface area contributed by atoms with Gasteiger partial charge in [0.25, 0.3) is 0 Å². The number of hydrogen-bond donors (Lipinski definition) is 2. The molecule has 0 spiro atoms. The summed E-state index contributed by atoms with van der Waals surface area (Å²) >= 11 is 3.54. The quantitative estimate of drug-likeness (QED) is 0.876. The third-order valence-electron chi connectivity index (χ3n) is 3.85. The molecule has 0 radical (unpaired) electrons. The number of rotatable bonds is 5. The lowest BCUT2D eigenvalue weighted by molar-refractivity contribution is 0.181. The highest BCUT2D eigenvalue weighted by Crippen LogP contribution is 2.42. The maximum atomic E-state index is 5.47. The van der Waals surface area contributed by atoms with E-state index in [1.54, 1.807) is 0 Å². The summed E-state index contributed by atoms with van der Waals surface area (Å²) in [4.78, 5) is 4.23. The first-order valence-corrected chi connectivity index (χ1v) is 7.54. The molecule has 1 aromatic carbocycles. The smallest absolute Gasteiger partial charge is 0.240 e. The van der Waals surface area contributed by atoms with Crippen molar-refractivity contribution >= 4 is 15.9 Å². The predicted octanol–water partition coefficient (Wildman–Crippen LogP) is 2.46. The first-order chi connectivity index (χ1) is 9.72. The fourth-order valence-electron chi connectivity index (χ4n) is 2.58. The normalized spacial score (nSPS) is 16.9. The molecular weight excluding hydrogens is 320 g/mol. The van der Waals surface area contributed by atoms with Gasteiger partial charge in [-0.05, 0) is 37.0 Å². The molecule has 1 heterocycles. The second-order valence-electron chi connectivity index (χ2n) is 5.11. The summed E-state index contributed by atoms with van der Waals surface area (Å²) in [6.45, 7) is 0.875. The van der Waals surface area contributed by atoms with E-state index in [2.05, 4.69) is 49.6 Å². The molecule has 5 nitrogen and oxygen atoms in total. The van der Waals surface area contributed by atoms with E-state index in [1.807, 2.05) is 6.07 Å². The van der Waals surface area contributed by atoms with Crippen molar-refractivity contribution < 1.29 is 4.52 Å². The third-order valence-corrected chi connectivity index (χ3v) is 4.35. The highest BCUT2D eigenvalue weighted by molar-refractivity contribution is 9.10. The van der Waals surface area contributed by atoms with Gasteiger partial charge in [0.2, 0.25) is 5.89 Å². The minimum absolute atomic E-state index is 0.0350. The zero-order valence-corrected chi connectivity index (χ0v) is 12.7. The lowest BCUT2D eigenvalue weighted by atomic mass is 9.72. The summed E-state index contributed by atoms with van der Waals surface area (Å²) in [7, 11) is 0. The van der Waals surface area contributed by atoms with Crippen LogP contribution in [0.5, 0.6) is 0 Å². The number of nitrogens with one attached hydrogen (secondary N) is 1. The molecular formula is C14H17BrN4O. The Morgan fingerprint density at radius 1 is 1.40 bits per heavy atom. The van der Waals surface area contributed by atoms with Crippen LogP contribution in [0, 0.1) is 0 Å². The molecule has 0 atom stereocenters. The van der Waals surface area contributed by atoms with Gasteiger partial charge in [0.05, 0.1) is 13.1 Å². The molecule has 1 aliphatic rings. The molecule has 2 aromatic rings. The molecule has 106 valence electrons. The van der Waals surface area contributed by atoms with E-state index in [4.69, 9.17) is 10.3 Å². The molecule has 1 saturated carbocycles. The standard InChI is InChI=1S/C14H17BrN4O/c15-11-4-1-3-10(7-11)14(5-2-6-14)17-9-12-18-13(8-16)20-19-12/h1,3-4,7,17H,2,5-6,8-9,16H2. The van der Waals surface area contributed by atoms with Gasteiger partial charge in [0.15, 0.2) is 5.82 Å². The maximum Gasteiger partial charge on any atom is 0.240 e. The molecule has 0 amide bonds. The monoisotopic (exact) mass is 336 g/mol. The van der Waals surface area contributed by atoms with Crippen molar-refractivity contribution in [1.82, 2.24) is 15.5 Å². The van der Waals surface area contributed by atoms with E-state index >= 15 is 0 Å². The summed E-state index contributed by atoms with van der Waals surface area (Å²) in [5.41, 5.74) is 6.81. The van der Waals surface area contributed by atoms with E-state index < -0.39 is 0 Å². The Hall–Kier alpha value is -1.24. The predicted molar refractivity (Wildman–Crippen MR) is 78.7 cm³/mol. The van der Waals surface area contributed by atoms with Gasteiger partial charge in [-0.1, -0.05) is 33.2 Å². The van der Waals surface area contributed by atoms with Crippen molar-refractivity contribution in [3.8, 4) is 0 Å². The van der Waals surface area contributed by atoms with Crippen LogP contribution in [0.4, 0.5) is 0 Å². The Balaban J connectivity index is 1.73. The second kappa shape index (κ2) is 5.63. The summed E-state index contributed by atoms with van der Waals surface area (Å²) < 4.78 is 6.13. The van der Waals surface area contributed by atoms with Gasteiger partial charge in [-0.3, -0.25) is 0 Å². The molecule has 20 heavy (non-hydrogen) atoms. The fraction of sp³-hybridized carbons (Fsp3) is 0.429. The maximum absolute atomic E-state index is 5.47. The SMILES string of the molecule is NCc1nc(CNC2(c3cccc(Br)c3)CCC2)no1. The molecule has 1 fully saturated rings. The number of benzene rings is 1. The lowest BCUT2D eigenvalue weighted by Crippen LogP contribution is -2.47. The minimum atomic E-state index is 0.0350. The molecule has 3 N–H and O–H groups in total. The van der Waals surface area contributed by atoms with Gasteiger partial charge in [0, 0.05) is 10.0 Å². The van der Waals surface area contributed by atoms with E-state index in [1.165, 1.54) is 12.0 Å². The van der Waals surface area contributed by atoms with Crippen LogP contribution in [0.25, 0.3) is 0 Å². The zero-order valence-electron chi connectivity index (χ0n) is 11.1. The van der Waals surface area contributed by atoms with Crippen molar-refractivity contribution in [3.63, 3.8) is 0 Å². The van der Waals surface area contributed by atoms with Crippen LogP contribution < -0.4 is 11.1 Å². The lowest BCUT2D eigenvalue weighted by Gasteiger charge is -2.43. The average Bonchev–Trinajstić information content (AvgIpc) is 2.86. The van der Waals surface area contributed by atoms with Crippen LogP contribution in [0.2, 0.25) is 0 Å². The summed E-state index contributed by atoms with van der Waals surface area (Å²) in [5, 5.41) is 7.51. The number of aromatic nitrogens is 2. The second-order valence-corrected chi connectivity index (χ2v) is 6.02. The van der Waals surface area contributed by atoms with E-state index in [9.17, 15) is 0 Å². The number of nitrogens with zero attached hydrogens (tertiary/aromatic N) is 2. The zero-order chi connectivity index (χ0) is 14.0. The van der Waals surface area contributed by atoms with E-state index in [-0.39, 0.29) is 12.1 Å². The molecule has 0 bridgehead atoms. The van der Waals surface area contributed by atoms with Crippen LogP contribution in [0.3, 0.4) is 0 Å². The van der Waals surface area contributed by atoms with Crippen LogP contribution in [-0.4, -0.2) is 10.1 Å². The minimum Gasteiger partial charge on any atom is -0.338 e. The van der Waals surface area contributed by atoms with Crippen LogP contribution in [0.15, 0.2) is 33.3 Å². The number of nitrogens with two attached hydrogens (primary N) is 1. The van der Waals surface area contributed by atoms with Gasteiger partial charge in [0.1, 0.15) is 0 Å². The molecule has 1 aliphatic carbocycles. The van der Waals surface area contributed by atoms with Crippen molar-refractivity contribution in [2.75, 3.05) is 0 Å². The van der Waals surface area contributed by atoms with Gasteiger partial charge in [-0.2, -0.15) is 4.98 Å². The van der Waals surface area contributed by atoms with Crippen LogP contribution in [-0.2, 0) is 18.6 Å². The number of halogens is 1. The Bertz CT molecular complexity index is 594. The van der Waals surface area contributed by atoms with Crippen molar-refractivity contribution in [2.45, 2.75) is 37.9 Å². The highest BCUT2D eigenvalue weighted by Gasteiger charge is 2.38. The first kappa shape index (κ1) is 13.7. The Morgan fingerprint density at radius 3 is 2.85 bits per heavy atom. The van der Waals surface area contributed by atoms with Gasteiger partial charge < -0.3 is 15.6 Å². The van der Waals surface area contributed by atoms with Gasteiger partial charge in [-0.15, -0.1) is 0 Å². The van der Waals surface area contributed by atoms with E-state index in [0.717, 1.165) is 17.3 Å². The van der Waals surface area contributed by atoms with Gasteiger partial charge >= 0.3 is 0 Å². The Labute approximate surface area is 126 Å². The molecule has 0 unspecified atom stereocenters. The molecule has 3 rings (SSSR count). The van der Waals surface area contributed by atoms with Crippen molar-refractivity contribution in [3.05, 3.63) is 46.0 Å². The van der Waals surface area contributed by atoms with Crippen LogP contribution >= 0.6 is 15.9 Å². The molecule has 0 saturated heterocycles. The van der Waals surface area contributed by atoms with E-state index in [0.29, 0.717) is 18.3 Å². The van der Waals surface area contributed by atoms with Gasteiger partial charge in [-0.25, -0.2) is 0 Å². The summed E-state index contributed by atoms with van der Waals surface area (Å²) in [6.07, 6.45) is 3.50. The summed E-state index contributed by atoms with van der Waals surface area (Å²) in [5.74, 6) is 1.14. The molecule has 0 aliphatic heterocycles. The Kier molecular flexibility index (Phi) is 3.87. The molecule has 6 heteroatoms. The third kappa shape index (κ3) is 2.63. The number of hydrogen-bond acceptors (Lipinski definition) is 5. The highest BCUT2D eigenvalue weighted by atomic mass is 79.9. The topological polar surface area (TPSA) is 77.0 Å². The van der Waals surface area contributed by atoms with Crippen molar-refractivity contribution in [1.29, 1.82) is 0 Å². The average molecular weight is 337 g/mol. The fourth-order valence-corrected chi connectivity index (χ4v) is 2.98. The molecule has 1 aromatic heterocycles. The largest absolute Gasteiger partial charge is 0.338 e. The first-order valence-electron chi connectivity index (χ1n) is 6.74. The van der Waals surface area contributed by atoms with Crippen molar-refractivity contribution in [2.24, 2.45) is 5.73 Å². The van der Waals surface area contributed by atoms with Crippen LogP contribution in [0.1, 0.15) is 36.5 Å². The summed E-state index contributed by atoms with van der Waals surface area (Å²) in [6, 6.07) is 8.46.